The van der Waals surface area contributed by atoms with Crippen molar-refractivity contribution in [1.82, 2.24) is 15.2 Å². The van der Waals surface area contributed by atoms with Crippen molar-refractivity contribution < 1.29 is 13.9 Å². The molecule has 2 saturated heterocycles. The van der Waals surface area contributed by atoms with Gasteiger partial charge in [-0.25, -0.2) is 4.98 Å². The first kappa shape index (κ1) is 18.2. The second-order valence-corrected chi connectivity index (χ2v) is 7.95. The minimum Gasteiger partial charge on any atom is -0.496 e. The first-order valence-electron chi connectivity index (χ1n) is 10.2. The van der Waals surface area contributed by atoms with Gasteiger partial charge in [0.2, 0.25) is 11.8 Å². The number of hydrogen-bond acceptors (Lipinski definition) is 5. The van der Waals surface area contributed by atoms with Gasteiger partial charge in [-0.3, -0.25) is 9.69 Å². The van der Waals surface area contributed by atoms with Crippen LogP contribution in [-0.4, -0.2) is 41.5 Å². The van der Waals surface area contributed by atoms with Gasteiger partial charge in [0.25, 0.3) is 0 Å². The molecule has 5 rings (SSSR count). The third-order valence-electron chi connectivity index (χ3n) is 6.29. The van der Waals surface area contributed by atoms with Crippen LogP contribution >= 0.6 is 0 Å². The van der Waals surface area contributed by atoms with Crippen molar-refractivity contribution in [3.05, 3.63) is 47.9 Å². The van der Waals surface area contributed by atoms with Gasteiger partial charge in [-0.2, -0.15) is 0 Å². The molecule has 0 aliphatic carbocycles. The number of carbonyl (C=O) groups is 1. The van der Waals surface area contributed by atoms with E-state index in [9.17, 15) is 4.79 Å². The van der Waals surface area contributed by atoms with Crippen LogP contribution in [0.4, 0.5) is 0 Å². The van der Waals surface area contributed by atoms with Crippen LogP contribution < -0.4 is 10.1 Å². The van der Waals surface area contributed by atoms with Gasteiger partial charge in [0, 0.05) is 42.5 Å². The Hall–Kier alpha value is -2.86. The van der Waals surface area contributed by atoms with Crippen molar-refractivity contribution in [2.75, 3.05) is 13.7 Å². The number of nitrogens with one attached hydrogen (secondary N) is 1. The fourth-order valence-electron chi connectivity index (χ4n) is 4.73. The maximum Gasteiger partial charge on any atom is 0.227 e. The second-order valence-electron chi connectivity index (χ2n) is 7.95. The van der Waals surface area contributed by atoms with Crippen LogP contribution in [0.3, 0.4) is 0 Å². The average molecular weight is 391 g/mol. The van der Waals surface area contributed by atoms with Crippen LogP contribution in [0.5, 0.6) is 5.75 Å². The SMILES string of the molecule is COc1ccc(-c2nc(CN3[C@@H]4CC[C@H]3CNC(=O)C4)c(C)o2)c2ccccc12. The van der Waals surface area contributed by atoms with E-state index in [2.05, 4.69) is 16.3 Å². The number of carbonyl (C=O) groups excluding carboxylic acids is 1. The summed E-state index contributed by atoms with van der Waals surface area (Å²) in [6.45, 7) is 3.41. The number of hydrogen-bond donors (Lipinski definition) is 1. The zero-order valence-electron chi connectivity index (χ0n) is 16.8. The summed E-state index contributed by atoms with van der Waals surface area (Å²) in [6, 6.07) is 12.8. The number of benzene rings is 2. The van der Waals surface area contributed by atoms with Crippen LogP contribution in [0.2, 0.25) is 0 Å². The minimum atomic E-state index is 0.157. The van der Waals surface area contributed by atoms with E-state index in [4.69, 9.17) is 14.1 Å². The Bertz CT molecular complexity index is 1070. The third-order valence-corrected chi connectivity index (χ3v) is 6.29. The lowest BCUT2D eigenvalue weighted by molar-refractivity contribution is -0.121. The summed E-state index contributed by atoms with van der Waals surface area (Å²) < 4.78 is 11.6. The molecule has 3 aromatic rings. The van der Waals surface area contributed by atoms with Gasteiger partial charge in [-0.1, -0.05) is 24.3 Å². The van der Waals surface area contributed by atoms with Gasteiger partial charge in [-0.05, 0) is 37.3 Å². The number of rotatable bonds is 4. The molecule has 1 aromatic heterocycles. The summed E-state index contributed by atoms with van der Waals surface area (Å²) in [4.78, 5) is 19.2. The molecule has 2 bridgehead atoms. The van der Waals surface area contributed by atoms with Gasteiger partial charge in [0.15, 0.2) is 0 Å². The third kappa shape index (κ3) is 3.17. The summed E-state index contributed by atoms with van der Waals surface area (Å²) in [7, 11) is 1.68. The predicted molar refractivity (Wildman–Crippen MR) is 111 cm³/mol. The number of fused-ring (bicyclic) bond motifs is 3. The zero-order chi connectivity index (χ0) is 20.0. The first-order chi connectivity index (χ1) is 14.1. The highest BCUT2D eigenvalue weighted by Gasteiger charge is 2.38. The molecule has 1 N–H and O–H groups in total. The van der Waals surface area contributed by atoms with E-state index >= 15 is 0 Å². The number of oxazole rings is 1. The molecule has 2 aliphatic heterocycles. The Balaban J connectivity index is 1.49. The summed E-state index contributed by atoms with van der Waals surface area (Å²) in [5.74, 6) is 2.46. The van der Waals surface area contributed by atoms with E-state index < -0.39 is 0 Å². The van der Waals surface area contributed by atoms with Gasteiger partial charge in [-0.15, -0.1) is 0 Å². The Morgan fingerprint density at radius 1 is 1.17 bits per heavy atom. The highest BCUT2D eigenvalue weighted by atomic mass is 16.5. The fraction of sp³-hybridized carbons (Fsp3) is 0.391. The maximum absolute atomic E-state index is 11.9. The Labute approximate surface area is 169 Å². The number of nitrogens with zero attached hydrogens (tertiary/aromatic N) is 2. The average Bonchev–Trinajstić information content (AvgIpc) is 3.23. The molecule has 2 fully saturated rings. The molecule has 3 heterocycles. The molecule has 150 valence electrons. The van der Waals surface area contributed by atoms with Gasteiger partial charge < -0.3 is 14.5 Å². The van der Waals surface area contributed by atoms with Crippen LogP contribution in [0.15, 0.2) is 40.8 Å². The lowest BCUT2D eigenvalue weighted by Gasteiger charge is -2.26. The molecular weight excluding hydrogens is 366 g/mol. The summed E-state index contributed by atoms with van der Waals surface area (Å²) in [6.07, 6.45) is 2.77. The Morgan fingerprint density at radius 2 is 1.97 bits per heavy atom. The fourth-order valence-corrected chi connectivity index (χ4v) is 4.73. The Morgan fingerprint density at radius 3 is 2.79 bits per heavy atom. The molecule has 2 atom stereocenters. The number of aromatic nitrogens is 1. The molecule has 0 saturated carbocycles. The highest BCUT2D eigenvalue weighted by molar-refractivity contribution is 5.98. The van der Waals surface area contributed by atoms with Crippen molar-refractivity contribution in [1.29, 1.82) is 0 Å². The first-order valence-corrected chi connectivity index (χ1v) is 10.2. The van der Waals surface area contributed by atoms with Crippen molar-refractivity contribution >= 4 is 16.7 Å². The molecular formula is C23H25N3O3. The predicted octanol–water partition coefficient (Wildman–Crippen LogP) is 3.66. The number of methoxy groups -OCH3 is 1. The van der Waals surface area contributed by atoms with Crippen LogP contribution in [-0.2, 0) is 11.3 Å². The van der Waals surface area contributed by atoms with E-state index in [0.29, 0.717) is 30.9 Å². The van der Waals surface area contributed by atoms with Crippen molar-refractivity contribution in [2.24, 2.45) is 0 Å². The smallest absolute Gasteiger partial charge is 0.227 e. The summed E-state index contributed by atoms with van der Waals surface area (Å²) in [5.41, 5.74) is 1.91. The number of aryl methyl sites for hydroxylation is 1. The van der Waals surface area contributed by atoms with E-state index in [0.717, 1.165) is 52.9 Å². The van der Waals surface area contributed by atoms with Gasteiger partial charge in [0.05, 0.1) is 12.8 Å². The van der Waals surface area contributed by atoms with Gasteiger partial charge in [0.1, 0.15) is 11.5 Å². The van der Waals surface area contributed by atoms with E-state index in [1.54, 1.807) is 7.11 Å². The maximum atomic E-state index is 11.9. The normalized spacial score (nSPS) is 21.9. The number of amides is 1. The Kier molecular flexibility index (Phi) is 4.51. The molecule has 0 radical (unpaired) electrons. The largest absolute Gasteiger partial charge is 0.496 e. The molecule has 2 aliphatic rings. The molecule has 2 aromatic carbocycles. The molecule has 0 unspecified atom stereocenters. The topological polar surface area (TPSA) is 67.6 Å². The van der Waals surface area contributed by atoms with E-state index in [1.165, 1.54) is 0 Å². The van der Waals surface area contributed by atoms with Crippen LogP contribution in [0.25, 0.3) is 22.2 Å². The van der Waals surface area contributed by atoms with Crippen molar-refractivity contribution in [2.45, 2.75) is 44.8 Å². The lowest BCUT2D eigenvalue weighted by atomic mass is 10.0. The quantitative estimate of drug-likeness (QED) is 0.735. The molecule has 1 amide bonds. The van der Waals surface area contributed by atoms with Gasteiger partial charge >= 0.3 is 0 Å². The summed E-state index contributed by atoms with van der Waals surface area (Å²) in [5, 5.41) is 5.13. The molecule has 6 heteroatoms. The van der Waals surface area contributed by atoms with Crippen LogP contribution in [0.1, 0.15) is 30.7 Å². The molecule has 6 nitrogen and oxygen atoms in total. The molecule has 29 heavy (non-hydrogen) atoms. The second kappa shape index (κ2) is 7.19. The van der Waals surface area contributed by atoms with Crippen LogP contribution in [0, 0.1) is 6.92 Å². The lowest BCUT2D eigenvalue weighted by Crippen LogP contribution is -2.37. The molecule has 0 spiro atoms. The number of ether oxygens (including phenoxy) is 1. The van der Waals surface area contributed by atoms with E-state index in [1.807, 2.05) is 37.3 Å². The van der Waals surface area contributed by atoms with Crippen molar-refractivity contribution in [3.63, 3.8) is 0 Å². The van der Waals surface area contributed by atoms with Crippen molar-refractivity contribution in [3.8, 4) is 17.2 Å². The standard InChI is InChI=1S/C23H25N3O3/c1-14-20(13-26-15-7-8-16(26)12-24-22(27)11-15)25-23(29-14)19-9-10-21(28-2)18-6-4-3-5-17(18)19/h3-6,9-10,15-16H,7-8,11-13H2,1-2H3,(H,24,27)/t15-,16+/m1/s1. The zero-order valence-corrected chi connectivity index (χ0v) is 16.8. The van der Waals surface area contributed by atoms with E-state index in [-0.39, 0.29) is 5.91 Å². The highest BCUT2D eigenvalue weighted by Crippen LogP contribution is 2.36. The minimum absolute atomic E-state index is 0.157. The summed E-state index contributed by atoms with van der Waals surface area (Å²) >= 11 is 0. The monoisotopic (exact) mass is 391 g/mol.